The molecule has 0 saturated carbocycles. The summed E-state index contributed by atoms with van der Waals surface area (Å²) in [6, 6.07) is -0.945. The van der Waals surface area contributed by atoms with Gasteiger partial charge in [-0.05, 0) is 19.3 Å². The van der Waals surface area contributed by atoms with E-state index in [2.05, 4.69) is 19.2 Å². The predicted octanol–water partition coefficient (Wildman–Crippen LogP) is 8.33. The first-order valence-corrected chi connectivity index (χ1v) is 27.9. The van der Waals surface area contributed by atoms with E-state index in [0.717, 1.165) is 38.5 Å². The maximum atomic E-state index is 13.3. The normalized spacial score (nSPS) is 26.4. The molecule has 2 aliphatic heterocycles. The number of unbranched alkanes of at least 4 members (excludes halogenated alkanes) is 31. The molecule has 402 valence electrons. The van der Waals surface area contributed by atoms with Crippen molar-refractivity contribution in [2.45, 2.75) is 306 Å². The van der Waals surface area contributed by atoms with Crippen LogP contribution in [-0.4, -0.2) is 140 Å². The van der Waals surface area contributed by atoms with E-state index in [4.69, 9.17) is 18.9 Å². The van der Waals surface area contributed by atoms with Gasteiger partial charge >= 0.3 is 0 Å². The van der Waals surface area contributed by atoms with Crippen molar-refractivity contribution in [3.63, 3.8) is 0 Å². The van der Waals surface area contributed by atoms with E-state index in [1.807, 2.05) is 6.08 Å². The van der Waals surface area contributed by atoms with Crippen LogP contribution in [0, 0.1) is 0 Å². The molecular weight excluding hydrogens is 871 g/mol. The summed E-state index contributed by atoms with van der Waals surface area (Å²) in [5, 5.41) is 86.9. The minimum Gasteiger partial charge on any atom is -0.394 e. The van der Waals surface area contributed by atoms with Gasteiger partial charge in [-0.15, -0.1) is 0 Å². The van der Waals surface area contributed by atoms with Gasteiger partial charge in [0.1, 0.15) is 48.8 Å². The van der Waals surface area contributed by atoms with E-state index in [0.29, 0.717) is 6.42 Å². The van der Waals surface area contributed by atoms with Crippen molar-refractivity contribution in [1.82, 2.24) is 5.32 Å². The zero-order chi connectivity index (χ0) is 49.6. The Balaban J connectivity index is 1.83. The lowest BCUT2D eigenvalue weighted by atomic mass is 9.97. The molecule has 68 heavy (non-hydrogen) atoms. The van der Waals surface area contributed by atoms with E-state index in [1.165, 1.54) is 167 Å². The monoisotopic (exact) mass is 974 g/mol. The van der Waals surface area contributed by atoms with Gasteiger partial charge in [0.2, 0.25) is 5.91 Å². The highest BCUT2D eigenvalue weighted by molar-refractivity contribution is 5.76. The lowest BCUT2D eigenvalue weighted by Crippen LogP contribution is -2.65. The molecule has 0 spiro atoms. The number of hydrogen-bond acceptors (Lipinski definition) is 13. The van der Waals surface area contributed by atoms with Crippen LogP contribution in [0.3, 0.4) is 0 Å². The van der Waals surface area contributed by atoms with Crippen LogP contribution in [0.25, 0.3) is 0 Å². The Morgan fingerprint density at radius 2 is 0.897 bits per heavy atom. The largest absolute Gasteiger partial charge is 0.394 e. The van der Waals surface area contributed by atoms with Gasteiger partial charge in [0.25, 0.3) is 0 Å². The molecule has 2 unspecified atom stereocenters. The molecule has 0 aliphatic carbocycles. The quantitative estimate of drug-likeness (QED) is 0.0207. The molecule has 0 aromatic carbocycles. The number of carbonyl (C=O) groups is 1. The van der Waals surface area contributed by atoms with Crippen LogP contribution >= 0.6 is 0 Å². The van der Waals surface area contributed by atoms with Crippen LogP contribution < -0.4 is 5.32 Å². The van der Waals surface area contributed by atoms with Crippen LogP contribution in [0.1, 0.15) is 232 Å². The Labute approximate surface area is 412 Å². The molecule has 2 heterocycles. The molecular formula is C54H103NO13. The van der Waals surface area contributed by atoms with Crippen molar-refractivity contribution in [2.24, 2.45) is 0 Å². The van der Waals surface area contributed by atoms with Crippen LogP contribution in [0.2, 0.25) is 0 Å². The van der Waals surface area contributed by atoms with Gasteiger partial charge in [0.15, 0.2) is 12.6 Å². The number of rotatable bonds is 44. The standard InChI is InChI=1S/C54H103NO13/c1-3-5-7-9-11-13-15-17-18-19-20-21-22-23-24-26-28-30-32-34-36-38-46(59)55-42(43(58)37-35-33-31-29-27-25-16-14-12-10-8-6-4-2)41-65-54-52(50(63)48(61)45(40-57)67-54)68-53-51(64)49(62)47(60)44(39-56)66-53/h35,37,42-45,47-54,56-58,60-64H,3-34,36,38-41H2,1-2H3,(H,55,59)/b37-35+/t42?,43?,44-,45-,47+,48+,49+,50+,51-,52-,53-,54+/m1/s1. The van der Waals surface area contributed by atoms with E-state index in [9.17, 15) is 45.6 Å². The highest BCUT2D eigenvalue weighted by Crippen LogP contribution is 2.30. The predicted molar refractivity (Wildman–Crippen MR) is 268 cm³/mol. The van der Waals surface area contributed by atoms with Crippen LogP contribution in [0.5, 0.6) is 0 Å². The van der Waals surface area contributed by atoms with Crippen LogP contribution in [-0.2, 0) is 23.7 Å². The number of aliphatic hydroxyl groups is 8. The first-order valence-electron chi connectivity index (χ1n) is 27.9. The summed E-state index contributed by atoms with van der Waals surface area (Å²) in [6.07, 6.45) is 27.8. The summed E-state index contributed by atoms with van der Waals surface area (Å²) in [4.78, 5) is 13.3. The molecule has 9 N–H and O–H groups in total. The van der Waals surface area contributed by atoms with Crippen molar-refractivity contribution >= 4 is 5.91 Å². The molecule has 1 amide bonds. The highest BCUT2D eigenvalue weighted by Gasteiger charge is 2.51. The molecule has 0 aromatic rings. The van der Waals surface area contributed by atoms with Crippen LogP contribution in [0.15, 0.2) is 12.2 Å². The van der Waals surface area contributed by atoms with Gasteiger partial charge in [-0.2, -0.15) is 0 Å². The Morgan fingerprint density at radius 1 is 0.515 bits per heavy atom. The van der Waals surface area contributed by atoms with Gasteiger partial charge in [-0.3, -0.25) is 4.79 Å². The molecule has 14 heteroatoms. The topological polar surface area (TPSA) is 228 Å². The van der Waals surface area contributed by atoms with Gasteiger partial charge in [-0.25, -0.2) is 0 Å². The van der Waals surface area contributed by atoms with E-state index in [1.54, 1.807) is 6.08 Å². The molecule has 0 bridgehead atoms. The first kappa shape index (κ1) is 62.8. The first-order chi connectivity index (χ1) is 33.1. The molecule has 14 nitrogen and oxygen atoms in total. The molecule has 0 aromatic heterocycles. The number of hydrogen-bond donors (Lipinski definition) is 9. The third-order valence-electron chi connectivity index (χ3n) is 14.0. The van der Waals surface area contributed by atoms with E-state index < -0.39 is 86.8 Å². The highest BCUT2D eigenvalue weighted by atomic mass is 16.8. The summed E-state index contributed by atoms with van der Waals surface area (Å²) in [6.45, 7) is 2.78. The second-order valence-corrected chi connectivity index (χ2v) is 20.1. The molecule has 2 fully saturated rings. The summed E-state index contributed by atoms with van der Waals surface area (Å²) in [7, 11) is 0. The number of carbonyl (C=O) groups excluding carboxylic acids is 1. The zero-order valence-electron chi connectivity index (χ0n) is 42.9. The molecule has 0 radical (unpaired) electrons. The maximum absolute atomic E-state index is 13.3. The average molecular weight is 974 g/mol. The summed E-state index contributed by atoms with van der Waals surface area (Å²) < 4.78 is 23.1. The van der Waals surface area contributed by atoms with E-state index in [-0.39, 0.29) is 18.9 Å². The maximum Gasteiger partial charge on any atom is 0.220 e. The number of nitrogens with one attached hydrogen (secondary N) is 1. The second kappa shape index (κ2) is 41.2. The van der Waals surface area contributed by atoms with Gasteiger partial charge < -0.3 is 65.1 Å². The minimum absolute atomic E-state index is 0.253. The fraction of sp³-hybridized carbons (Fsp3) is 0.944. The Kier molecular flexibility index (Phi) is 38.1. The summed E-state index contributed by atoms with van der Waals surface area (Å²) in [5.74, 6) is -0.253. The van der Waals surface area contributed by atoms with Gasteiger partial charge in [-0.1, -0.05) is 219 Å². The lowest BCUT2D eigenvalue weighted by molar-refractivity contribution is -0.367. The van der Waals surface area contributed by atoms with Crippen molar-refractivity contribution in [3.8, 4) is 0 Å². The Morgan fingerprint density at radius 3 is 1.32 bits per heavy atom. The van der Waals surface area contributed by atoms with Crippen molar-refractivity contribution in [2.75, 3.05) is 19.8 Å². The zero-order valence-corrected chi connectivity index (χ0v) is 42.9. The molecule has 12 atom stereocenters. The second-order valence-electron chi connectivity index (χ2n) is 20.1. The minimum atomic E-state index is -1.81. The molecule has 2 rings (SSSR count). The number of aliphatic hydroxyl groups excluding tert-OH is 8. The number of ether oxygens (including phenoxy) is 4. The SMILES string of the molecule is CCCCCCCCCCCCC/C=C/C(O)C(CO[C@H]1O[C@H](CO)[C@H](O)[C@H](O)[C@H]1O[C@H]1O[C@H](CO)[C@H](O)[C@H](O)[C@H]1O)NC(=O)CCCCCCCCCCCCCCCCCCCCCCC. The average Bonchev–Trinajstić information content (AvgIpc) is 3.34. The van der Waals surface area contributed by atoms with Crippen LogP contribution in [0.4, 0.5) is 0 Å². The summed E-state index contributed by atoms with van der Waals surface area (Å²) >= 11 is 0. The summed E-state index contributed by atoms with van der Waals surface area (Å²) in [5.41, 5.74) is 0. The van der Waals surface area contributed by atoms with Crippen molar-refractivity contribution in [3.05, 3.63) is 12.2 Å². The lowest BCUT2D eigenvalue weighted by Gasteiger charge is -2.46. The fourth-order valence-electron chi connectivity index (χ4n) is 9.39. The number of allylic oxidation sites excluding steroid dienone is 1. The fourth-order valence-corrected chi connectivity index (χ4v) is 9.39. The smallest absolute Gasteiger partial charge is 0.220 e. The Bertz CT molecular complexity index is 1200. The molecule has 2 aliphatic rings. The van der Waals surface area contributed by atoms with E-state index >= 15 is 0 Å². The van der Waals surface area contributed by atoms with Gasteiger partial charge in [0, 0.05) is 6.42 Å². The number of amides is 1. The Hall–Kier alpha value is -1.27. The van der Waals surface area contributed by atoms with Crippen molar-refractivity contribution < 1.29 is 64.6 Å². The van der Waals surface area contributed by atoms with Crippen molar-refractivity contribution in [1.29, 1.82) is 0 Å². The van der Waals surface area contributed by atoms with Gasteiger partial charge in [0.05, 0.1) is 32.0 Å². The third-order valence-corrected chi connectivity index (χ3v) is 14.0. The third kappa shape index (κ3) is 27.5. The molecule has 2 saturated heterocycles.